The molecule has 0 heterocycles. The Morgan fingerprint density at radius 3 is 2.69 bits per heavy atom. The predicted octanol–water partition coefficient (Wildman–Crippen LogP) is 5.48. The lowest BCUT2D eigenvalue weighted by Gasteiger charge is -2.12. The minimum atomic E-state index is -0.237. The van der Waals surface area contributed by atoms with E-state index in [1.807, 2.05) is 49.4 Å². The number of rotatable bonds is 10. The van der Waals surface area contributed by atoms with Gasteiger partial charge in [-0.05, 0) is 40.5 Å². The number of fused-ring (bicyclic) bond motifs is 1. The van der Waals surface area contributed by atoms with Crippen LogP contribution in [0.1, 0.15) is 12.5 Å². The van der Waals surface area contributed by atoms with E-state index in [1.165, 1.54) is 5.54 Å². The molecule has 0 aliphatic carbocycles. The normalized spacial score (nSPS) is 12.2. The maximum absolute atomic E-state index is 12.1. The molecule has 0 atom stereocenters. The first kappa shape index (κ1) is 22.5. The molecule has 150 valence electrons. The van der Waals surface area contributed by atoms with Gasteiger partial charge in [-0.15, -0.1) is 0 Å². The molecule has 0 aliphatic rings. The number of thioether (sulfide) groups is 1. The Morgan fingerprint density at radius 1 is 1.24 bits per heavy atom. The highest BCUT2D eigenvalue weighted by molar-refractivity contribution is 8.15. The summed E-state index contributed by atoms with van der Waals surface area (Å²) in [6.07, 6.45) is 7.05. The molecule has 2 rings (SSSR count). The van der Waals surface area contributed by atoms with Crippen LogP contribution >= 0.6 is 23.4 Å². The fourth-order valence-electron chi connectivity index (χ4n) is 2.63. The Kier molecular flexibility index (Phi) is 9.28. The summed E-state index contributed by atoms with van der Waals surface area (Å²) in [5.41, 5.74) is 4.01. The van der Waals surface area contributed by atoms with E-state index in [0.29, 0.717) is 12.3 Å². The van der Waals surface area contributed by atoms with E-state index in [4.69, 9.17) is 16.3 Å². The second kappa shape index (κ2) is 11.9. The summed E-state index contributed by atoms with van der Waals surface area (Å²) in [6.45, 7) is 5.83. The third-order valence-corrected chi connectivity index (χ3v) is 4.74. The monoisotopic (exact) mass is 427 g/mol. The van der Waals surface area contributed by atoms with Crippen LogP contribution in [0.4, 0.5) is 0 Å². The van der Waals surface area contributed by atoms with Gasteiger partial charge in [-0.2, -0.15) is 0 Å². The zero-order valence-electron chi connectivity index (χ0n) is 16.1. The number of ether oxygens (including phenoxy) is 1. The van der Waals surface area contributed by atoms with Crippen LogP contribution in [-0.2, 0) is 9.59 Å². The molecule has 29 heavy (non-hydrogen) atoms. The minimum Gasteiger partial charge on any atom is -0.483 e. The van der Waals surface area contributed by atoms with Gasteiger partial charge >= 0.3 is 0 Å². The van der Waals surface area contributed by atoms with Gasteiger partial charge in [0.2, 0.25) is 0 Å². The van der Waals surface area contributed by atoms with Crippen LogP contribution < -0.4 is 10.1 Å². The van der Waals surface area contributed by atoms with Crippen molar-refractivity contribution in [1.29, 1.82) is 0 Å². The Morgan fingerprint density at radius 2 is 2.00 bits per heavy atom. The second-order valence-electron chi connectivity index (χ2n) is 6.00. The number of hydrogen-bond donors (Lipinski definition) is 1. The number of benzene rings is 2. The highest BCUT2D eigenvalue weighted by atomic mass is 35.5. The molecule has 0 spiro atoms. The fourth-order valence-corrected chi connectivity index (χ4v) is 3.05. The molecule has 0 unspecified atom stereocenters. The lowest BCUT2D eigenvalue weighted by Crippen LogP contribution is -2.30. The number of carbonyl (C=O) groups excluding carboxylic acids is 2. The molecule has 1 amide bonds. The van der Waals surface area contributed by atoms with Crippen molar-refractivity contribution in [2.45, 2.75) is 6.92 Å². The summed E-state index contributed by atoms with van der Waals surface area (Å²) in [5.74, 6) is 0.386. The van der Waals surface area contributed by atoms with Gasteiger partial charge in [-0.25, -0.2) is 0 Å². The summed E-state index contributed by atoms with van der Waals surface area (Å²) in [7, 11) is 0. The molecule has 4 nitrogen and oxygen atoms in total. The Balaban J connectivity index is 2.11. The molecule has 0 saturated heterocycles. The first-order chi connectivity index (χ1) is 14.1. The van der Waals surface area contributed by atoms with E-state index in [9.17, 15) is 9.59 Å². The standard InChI is InChI=1S/C23H22ClNO3S/c1-3-18(7-6-12-24)14-25-23(27)15-28-22-11-10-19(13-17(2)29-16-26)20-8-4-5-9-21(20)22/h3-13,16H,1,14-15H2,2H3,(H,25,27)/b12-6+,17-13-,18-7+. The molecule has 2 aromatic carbocycles. The van der Waals surface area contributed by atoms with E-state index >= 15 is 0 Å². The summed E-state index contributed by atoms with van der Waals surface area (Å²) in [6, 6.07) is 11.5. The quantitative estimate of drug-likeness (QED) is 0.402. The first-order valence-corrected chi connectivity index (χ1v) is 10.2. The van der Waals surface area contributed by atoms with Gasteiger partial charge < -0.3 is 10.1 Å². The van der Waals surface area contributed by atoms with Crippen molar-refractivity contribution in [3.63, 3.8) is 0 Å². The van der Waals surface area contributed by atoms with Crippen LogP contribution in [0.25, 0.3) is 16.8 Å². The van der Waals surface area contributed by atoms with Crippen molar-refractivity contribution in [2.24, 2.45) is 0 Å². The number of nitrogens with one attached hydrogen (secondary N) is 1. The van der Waals surface area contributed by atoms with Gasteiger partial charge in [-0.1, -0.05) is 78.5 Å². The molecule has 0 aromatic heterocycles. The average Bonchev–Trinajstić information content (AvgIpc) is 2.73. The molecular formula is C23H22ClNO3S. The highest BCUT2D eigenvalue weighted by Crippen LogP contribution is 2.30. The smallest absolute Gasteiger partial charge is 0.258 e. The van der Waals surface area contributed by atoms with Crippen molar-refractivity contribution in [3.05, 3.63) is 82.8 Å². The van der Waals surface area contributed by atoms with Crippen LogP contribution in [-0.4, -0.2) is 24.7 Å². The van der Waals surface area contributed by atoms with E-state index < -0.39 is 0 Å². The summed E-state index contributed by atoms with van der Waals surface area (Å²) < 4.78 is 5.76. The van der Waals surface area contributed by atoms with Crippen molar-refractivity contribution >= 4 is 51.7 Å². The first-order valence-electron chi connectivity index (χ1n) is 8.87. The van der Waals surface area contributed by atoms with Gasteiger partial charge in [-0.3, -0.25) is 9.59 Å². The fraction of sp³-hybridized carbons (Fsp3) is 0.130. The van der Waals surface area contributed by atoms with E-state index in [1.54, 1.807) is 18.2 Å². The molecular weight excluding hydrogens is 406 g/mol. The van der Waals surface area contributed by atoms with Crippen LogP contribution in [0, 0.1) is 0 Å². The number of hydrogen-bond acceptors (Lipinski definition) is 4. The van der Waals surface area contributed by atoms with Gasteiger partial charge in [0.1, 0.15) is 5.75 Å². The van der Waals surface area contributed by atoms with Crippen molar-refractivity contribution < 1.29 is 14.3 Å². The molecule has 1 N–H and O–H groups in total. The largest absolute Gasteiger partial charge is 0.483 e. The van der Waals surface area contributed by atoms with Gasteiger partial charge in [0.05, 0.1) is 0 Å². The Bertz CT molecular complexity index is 979. The van der Waals surface area contributed by atoms with Crippen LogP contribution in [0.3, 0.4) is 0 Å². The number of amides is 1. The van der Waals surface area contributed by atoms with Crippen LogP contribution in [0.15, 0.2) is 77.2 Å². The Hall–Kier alpha value is -2.76. The highest BCUT2D eigenvalue weighted by Gasteiger charge is 2.08. The molecule has 0 radical (unpaired) electrons. The third kappa shape index (κ3) is 6.97. The molecule has 6 heteroatoms. The van der Waals surface area contributed by atoms with Crippen LogP contribution in [0.5, 0.6) is 5.75 Å². The molecule has 0 bridgehead atoms. The number of allylic oxidation sites excluding steroid dienone is 3. The summed E-state index contributed by atoms with van der Waals surface area (Å²) >= 11 is 6.64. The number of halogens is 1. The van der Waals surface area contributed by atoms with Crippen LogP contribution in [0.2, 0.25) is 0 Å². The topological polar surface area (TPSA) is 55.4 Å². The van der Waals surface area contributed by atoms with Gasteiger partial charge in [0.25, 0.3) is 5.91 Å². The average molecular weight is 428 g/mol. The summed E-state index contributed by atoms with van der Waals surface area (Å²) in [4.78, 5) is 23.7. The van der Waals surface area contributed by atoms with Gasteiger partial charge in [0, 0.05) is 17.5 Å². The zero-order chi connectivity index (χ0) is 21.1. The van der Waals surface area contributed by atoms with Gasteiger partial charge in [0.15, 0.2) is 12.2 Å². The zero-order valence-corrected chi connectivity index (χ0v) is 17.6. The summed E-state index contributed by atoms with van der Waals surface area (Å²) in [5, 5.41) is 4.67. The van der Waals surface area contributed by atoms with Crippen molar-refractivity contribution in [1.82, 2.24) is 5.32 Å². The lowest BCUT2D eigenvalue weighted by atomic mass is 10.0. The second-order valence-corrected chi connectivity index (χ2v) is 7.32. The van der Waals surface area contributed by atoms with E-state index in [2.05, 4.69) is 11.9 Å². The predicted molar refractivity (Wildman–Crippen MR) is 124 cm³/mol. The van der Waals surface area contributed by atoms with E-state index in [-0.39, 0.29) is 12.5 Å². The molecule has 0 saturated carbocycles. The maximum Gasteiger partial charge on any atom is 0.258 e. The van der Waals surface area contributed by atoms with Crippen molar-refractivity contribution in [2.75, 3.05) is 13.2 Å². The van der Waals surface area contributed by atoms with E-state index in [0.717, 1.165) is 44.2 Å². The molecule has 0 fully saturated rings. The molecule has 0 aliphatic heterocycles. The Labute approximate surface area is 180 Å². The third-order valence-electron chi connectivity index (χ3n) is 4.00. The molecule has 2 aromatic rings. The van der Waals surface area contributed by atoms with Crippen molar-refractivity contribution in [3.8, 4) is 5.75 Å². The maximum atomic E-state index is 12.1. The number of carbonyl (C=O) groups is 2. The lowest BCUT2D eigenvalue weighted by molar-refractivity contribution is -0.122. The SMILES string of the molecule is C=C/C(=C\C=C\Cl)CNC(=O)COc1ccc(/C=C(/C)SC=O)c2ccccc12. The minimum absolute atomic E-state index is 0.102.